The van der Waals surface area contributed by atoms with E-state index in [4.69, 9.17) is 0 Å². The maximum atomic E-state index is 11.2. The molecule has 0 spiro atoms. The van der Waals surface area contributed by atoms with Crippen molar-refractivity contribution in [3.05, 3.63) is 54.4 Å². The van der Waals surface area contributed by atoms with E-state index in [1.165, 1.54) is 0 Å². The van der Waals surface area contributed by atoms with Gasteiger partial charge >= 0.3 is 5.97 Å². The molecule has 1 N–H and O–H groups in total. The monoisotopic (exact) mass is 294 g/mol. The van der Waals surface area contributed by atoms with Gasteiger partial charge in [0, 0.05) is 35.4 Å². The van der Waals surface area contributed by atoms with Gasteiger partial charge in [-0.15, -0.1) is 0 Å². The summed E-state index contributed by atoms with van der Waals surface area (Å²) in [5, 5.41) is 10.3. The molecular formula is C18H18N2O2. The molecule has 0 aliphatic carbocycles. The molecular weight excluding hydrogens is 276 g/mol. The normalized spacial score (nSPS) is 11.2. The highest BCUT2D eigenvalue weighted by atomic mass is 16.4. The summed E-state index contributed by atoms with van der Waals surface area (Å²) in [5.74, 6) is -0.431. The van der Waals surface area contributed by atoms with E-state index in [-0.39, 0.29) is 0 Å². The van der Waals surface area contributed by atoms with Crippen LogP contribution in [0.15, 0.2) is 48.8 Å². The lowest BCUT2D eigenvalue weighted by Gasteiger charge is -2.08. The summed E-state index contributed by atoms with van der Waals surface area (Å²) in [6.45, 7) is 5.13. The molecule has 4 heteroatoms. The van der Waals surface area contributed by atoms with Crippen LogP contribution in [0.1, 0.15) is 24.2 Å². The lowest BCUT2D eigenvalue weighted by atomic mass is 10.1. The third-order valence-corrected chi connectivity index (χ3v) is 3.63. The molecule has 0 saturated carbocycles. The Bertz CT molecular complexity index is 820. The lowest BCUT2D eigenvalue weighted by molar-refractivity contribution is 0.0697. The number of benzene rings is 1. The van der Waals surface area contributed by atoms with Crippen molar-refractivity contribution >= 4 is 16.9 Å². The average Bonchev–Trinajstić information content (AvgIpc) is 2.85. The quantitative estimate of drug-likeness (QED) is 0.789. The van der Waals surface area contributed by atoms with Crippen molar-refractivity contribution in [2.75, 3.05) is 0 Å². The Labute approximate surface area is 129 Å². The first kappa shape index (κ1) is 14.3. The number of carboxylic acids is 1. The van der Waals surface area contributed by atoms with Crippen molar-refractivity contribution in [1.29, 1.82) is 0 Å². The molecule has 2 heterocycles. The number of aromatic carboxylic acids is 1. The SMILES string of the molecule is CC(C)Cn1cc(-c2ccccn2)c2ccc(C(=O)O)cc21. The molecule has 22 heavy (non-hydrogen) atoms. The van der Waals surface area contributed by atoms with Crippen molar-refractivity contribution < 1.29 is 9.90 Å². The van der Waals surface area contributed by atoms with Crippen LogP contribution in [-0.4, -0.2) is 20.6 Å². The zero-order chi connectivity index (χ0) is 15.7. The minimum absolute atomic E-state index is 0.308. The van der Waals surface area contributed by atoms with Crippen molar-refractivity contribution in [2.45, 2.75) is 20.4 Å². The number of nitrogens with zero attached hydrogens (tertiary/aromatic N) is 2. The fraction of sp³-hybridized carbons (Fsp3) is 0.222. The molecule has 3 rings (SSSR count). The van der Waals surface area contributed by atoms with E-state index in [1.807, 2.05) is 24.3 Å². The predicted octanol–water partition coefficient (Wildman–Crippen LogP) is 4.06. The maximum absolute atomic E-state index is 11.2. The zero-order valence-corrected chi connectivity index (χ0v) is 12.7. The molecule has 2 aromatic heterocycles. The molecule has 0 bridgehead atoms. The maximum Gasteiger partial charge on any atom is 0.335 e. The fourth-order valence-electron chi connectivity index (χ4n) is 2.70. The number of carbonyl (C=O) groups is 1. The largest absolute Gasteiger partial charge is 0.478 e. The van der Waals surface area contributed by atoms with Crippen molar-refractivity contribution in [3.8, 4) is 11.3 Å². The molecule has 4 nitrogen and oxygen atoms in total. The Balaban J connectivity index is 2.24. The van der Waals surface area contributed by atoms with E-state index in [9.17, 15) is 9.90 Å². The van der Waals surface area contributed by atoms with Crippen molar-refractivity contribution in [1.82, 2.24) is 9.55 Å². The molecule has 0 aliphatic heterocycles. The molecule has 0 amide bonds. The molecule has 112 valence electrons. The van der Waals surface area contributed by atoms with Gasteiger partial charge in [-0.05, 0) is 30.2 Å². The Morgan fingerprint density at radius 3 is 2.73 bits per heavy atom. The van der Waals surface area contributed by atoms with Crippen molar-refractivity contribution in [2.24, 2.45) is 5.92 Å². The van der Waals surface area contributed by atoms with Crippen LogP contribution < -0.4 is 0 Å². The Morgan fingerprint density at radius 2 is 2.09 bits per heavy atom. The number of hydrogen-bond donors (Lipinski definition) is 1. The first-order valence-electron chi connectivity index (χ1n) is 7.34. The summed E-state index contributed by atoms with van der Waals surface area (Å²) < 4.78 is 2.12. The van der Waals surface area contributed by atoms with E-state index >= 15 is 0 Å². The van der Waals surface area contributed by atoms with Gasteiger partial charge in [0.1, 0.15) is 0 Å². The Kier molecular flexibility index (Phi) is 3.67. The second-order valence-corrected chi connectivity index (χ2v) is 5.84. The second kappa shape index (κ2) is 5.64. The van der Waals surface area contributed by atoms with Gasteiger partial charge in [0.25, 0.3) is 0 Å². The topological polar surface area (TPSA) is 55.1 Å². The fourth-order valence-corrected chi connectivity index (χ4v) is 2.70. The van der Waals surface area contributed by atoms with Crippen LogP contribution >= 0.6 is 0 Å². The summed E-state index contributed by atoms with van der Waals surface area (Å²) in [7, 11) is 0. The number of hydrogen-bond acceptors (Lipinski definition) is 2. The van der Waals surface area contributed by atoms with E-state index < -0.39 is 5.97 Å². The molecule has 0 saturated heterocycles. The molecule has 0 atom stereocenters. The van der Waals surface area contributed by atoms with E-state index in [1.54, 1.807) is 18.3 Å². The molecule has 1 aromatic carbocycles. The molecule has 0 radical (unpaired) electrons. The van der Waals surface area contributed by atoms with Crippen LogP contribution in [0.5, 0.6) is 0 Å². The zero-order valence-electron chi connectivity index (χ0n) is 12.7. The van der Waals surface area contributed by atoms with Gasteiger partial charge in [0.15, 0.2) is 0 Å². The van der Waals surface area contributed by atoms with E-state index in [0.717, 1.165) is 28.7 Å². The van der Waals surface area contributed by atoms with Crippen LogP contribution in [0, 0.1) is 5.92 Å². The minimum Gasteiger partial charge on any atom is -0.478 e. The number of carboxylic acid groups (broad SMARTS) is 1. The van der Waals surface area contributed by atoms with Gasteiger partial charge < -0.3 is 9.67 Å². The number of fused-ring (bicyclic) bond motifs is 1. The van der Waals surface area contributed by atoms with Gasteiger partial charge in [-0.25, -0.2) is 4.79 Å². The molecule has 0 fully saturated rings. The minimum atomic E-state index is -0.904. The highest BCUT2D eigenvalue weighted by Crippen LogP contribution is 2.30. The van der Waals surface area contributed by atoms with Crippen LogP contribution in [0.2, 0.25) is 0 Å². The Hall–Kier alpha value is -2.62. The summed E-state index contributed by atoms with van der Waals surface area (Å²) in [6, 6.07) is 11.1. The van der Waals surface area contributed by atoms with Crippen LogP contribution in [0.25, 0.3) is 22.2 Å². The van der Waals surface area contributed by atoms with Gasteiger partial charge in [-0.3, -0.25) is 4.98 Å². The van der Waals surface area contributed by atoms with Gasteiger partial charge in [-0.1, -0.05) is 26.0 Å². The summed E-state index contributed by atoms with van der Waals surface area (Å²) >= 11 is 0. The van der Waals surface area contributed by atoms with Crippen LogP contribution in [-0.2, 0) is 6.54 Å². The summed E-state index contributed by atoms with van der Waals surface area (Å²) in [6.07, 6.45) is 3.84. The second-order valence-electron chi connectivity index (χ2n) is 5.84. The molecule has 0 unspecified atom stereocenters. The highest BCUT2D eigenvalue weighted by Gasteiger charge is 2.14. The van der Waals surface area contributed by atoms with E-state index in [2.05, 4.69) is 29.6 Å². The van der Waals surface area contributed by atoms with Gasteiger partial charge in [0.2, 0.25) is 0 Å². The smallest absolute Gasteiger partial charge is 0.335 e. The average molecular weight is 294 g/mol. The van der Waals surface area contributed by atoms with Gasteiger partial charge in [0.05, 0.1) is 11.3 Å². The lowest BCUT2D eigenvalue weighted by Crippen LogP contribution is -2.03. The van der Waals surface area contributed by atoms with Crippen LogP contribution in [0.4, 0.5) is 0 Å². The summed E-state index contributed by atoms with van der Waals surface area (Å²) in [4.78, 5) is 15.7. The van der Waals surface area contributed by atoms with Crippen molar-refractivity contribution in [3.63, 3.8) is 0 Å². The van der Waals surface area contributed by atoms with E-state index in [0.29, 0.717) is 11.5 Å². The van der Waals surface area contributed by atoms with Crippen LogP contribution in [0.3, 0.4) is 0 Å². The Morgan fingerprint density at radius 1 is 1.27 bits per heavy atom. The third kappa shape index (κ3) is 2.60. The predicted molar refractivity (Wildman–Crippen MR) is 87.0 cm³/mol. The first-order chi connectivity index (χ1) is 10.6. The number of aromatic nitrogens is 2. The number of rotatable bonds is 4. The summed E-state index contributed by atoms with van der Waals surface area (Å²) in [5.41, 5.74) is 3.18. The molecule has 0 aliphatic rings. The van der Waals surface area contributed by atoms with Gasteiger partial charge in [-0.2, -0.15) is 0 Å². The third-order valence-electron chi connectivity index (χ3n) is 3.63. The first-order valence-corrected chi connectivity index (χ1v) is 7.34. The molecule has 3 aromatic rings. The standard InChI is InChI=1S/C18H18N2O2/c1-12(2)10-20-11-15(16-5-3-4-8-19-16)14-7-6-13(18(21)22)9-17(14)20/h3-9,11-12H,10H2,1-2H3,(H,21,22). The highest BCUT2D eigenvalue weighted by molar-refractivity contribution is 5.99. The number of pyridine rings is 1.